The van der Waals surface area contributed by atoms with Crippen molar-refractivity contribution >= 4 is 0 Å². The number of pyridine rings is 4. The third-order valence-electron chi connectivity index (χ3n) is 15.9. The van der Waals surface area contributed by atoms with E-state index >= 15 is 0 Å². The molecular formula is C80H76F4N4+4. The van der Waals surface area contributed by atoms with Crippen LogP contribution in [0.25, 0.3) is 89.5 Å². The lowest BCUT2D eigenvalue weighted by Crippen LogP contribution is -2.32. The van der Waals surface area contributed by atoms with E-state index in [0.29, 0.717) is 22.8 Å². The molecule has 8 aromatic carbocycles. The summed E-state index contributed by atoms with van der Waals surface area (Å²) >= 11 is 0. The lowest BCUT2D eigenvalue weighted by molar-refractivity contribution is -0.661. The zero-order valence-electron chi connectivity index (χ0n) is 52.4. The van der Waals surface area contributed by atoms with E-state index in [4.69, 9.17) is 0 Å². The Labute approximate surface area is 517 Å². The molecule has 12 rings (SSSR count). The first-order chi connectivity index (χ1) is 42.3. The van der Waals surface area contributed by atoms with Crippen LogP contribution in [0.2, 0.25) is 0 Å². The van der Waals surface area contributed by atoms with Gasteiger partial charge in [-0.25, -0.2) is 0 Å². The fraction of sp³-hybridized carbons (Fsp3) is 0.150. The van der Waals surface area contributed by atoms with Crippen LogP contribution in [0.5, 0.6) is 0 Å². The smallest absolute Gasteiger partial charge is 0.200 e. The summed E-state index contributed by atoms with van der Waals surface area (Å²) in [5.74, 6) is -0.793. The van der Waals surface area contributed by atoms with Crippen LogP contribution in [-0.2, 0) is 28.2 Å². The zero-order valence-corrected chi connectivity index (χ0v) is 52.4. The van der Waals surface area contributed by atoms with Crippen LogP contribution < -0.4 is 18.3 Å². The Morgan fingerprint density at radius 3 is 0.909 bits per heavy atom. The second-order valence-corrected chi connectivity index (χ2v) is 22.8. The first-order valence-corrected chi connectivity index (χ1v) is 29.5. The molecule has 4 nitrogen and oxygen atoms in total. The minimum atomic E-state index is -0.199. The Kier molecular flexibility index (Phi) is 20.0. The Morgan fingerprint density at radius 2 is 0.523 bits per heavy atom. The second-order valence-electron chi connectivity index (χ2n) is 22.8. The van der Waals surface area contributed by atoms with Crippen molar-refractivity contribution in [3.8, 4) is 89.5 Å². The van der Waals surface area contributed by atoms with Gasteiger partial charge < -0.3 is 0 Å². The molecule has 4 heterocycles. The molecule has 0 spiro atoms. The molecule has 0 aliphatic carbocycles. The number of nitrogens with zero attached hydrogens (tertiary/aromatic N) is 4. The maximum absolute atomic E-state index is 14.8. The maximum Gasteiger partial charge on any atom is 0.248 e. The topological polar surface area (TPSA) is 15.5 Å². The predicted octanol–water partition coefficient (Wildman–Crippen LogP) is 18.4. The van der Waals surface area contributed by atoms with Crippen molar-refractivity contribution in [2.24, 2.45) is 28.2 Å². The zero-order chi connectivity index (χ0) is 62.8. The minimum Gasteiger partial charge on any atom is -0.200 e. The average molecular weight is 1170 g/mol. The lowest BCUT2D eigenvalue weighted by Gasteiger charge is -2.09. The van der Waals surface area contributed by atoms with Crippen LogP contribution in [0.3, 0.4) is 0 Å². The van der Waals surface area contributed by atoms with Crippen molar-refractivity contribution in [2.75, 3.05) is 0 Å². The van der Waals surface area contributed by atoms with Gasteiger partial charge in [-0.3, -0.25) is 0 Å². The van der Waals surface area contributed by atoms with Gasteiger partial charge in [-0.2, -0.15) is 35.8 Å². The molecule has 0 aliphatic rings. The third kappa shape index (κ3) is 14.7. The van der Waals surface area contributed by atoms with Gasteiger partial charge in [0.25, 0.3) is 0 Å². The maximum atomic E-state index is 14.8. The summed E-state index contributed by atoms with van der Waals surface area (Å²) in [4.78, 5) is 0. The highest BCUT2D eigenvalue weighted by Gasteiger charge is 2.25. The van der Waals surface area contributed by atoms with E-state index in [0.717, 1.165) is 94.6 Å². The molecule has 0 fully saturated rings. The quantitative estimate of drug-likeness (QED) is 0.106. The summed E-state index contributed by atoms with van der Waals surface area (Å²) in [5, 5.41) is 0. The molecule has 0 saturated heterocycles. The second kappa shape index (κ2) is 28.1. The van der Waals surface area contributed by atoms with Crippen LogP contribution in [0.4, 0.5) is 17.6 Å². The van der Waals surface area contributed by atoms with Gasteiger partial charge >= 0.3 is 0 Å². The fourth-order valence-electron chi connectivity index (χ4n) is 11.3. The van der Waals surface area contributed by atoms with Gasteiger partial charge in [-0.1, -0.05) is 187 Å². The third-order valence-corrected chi connectivity index (χ3v) is 15.9. The van der Waals surface area contributed by atoms with Gasteiger partial charge in [-0.15, -0.1) is 0 Å². The number of rotatable bonds is 8. The monoisotopic (exact) mass is 1170 g/mol. The Balaban J connectivity index is 0.000000140. The van der Waals surface area contributed by atoms with Gasteiger partial charge in [0.05, 0.1) is 22.3 Å². The minimum absolute atomic E-state index is 0.197. The molecule has 0 atom stereocenters. The van der Waals surface area contributed by atoms with Crippen molar-refractivity contribution < 1.29 is 35.8 Å². The molecule has 0 unspecified atom stereocenters. The number of aryl methyl sites for hydroxylation is 12. The molecule has 0 saturated carbocycles. The van der Waals surface area contributed by atoms with Crippen LogP contribution in [0.1, 0.15) is 44.5 Å². The Morgan fingerprint density at radius 1 is 0.216 bits per heavy atom. The molecule has 440 valence electrons. The highest BCUT2D eigenvalue weighted by molar-refractivity contribution is 5.72. The van der Waals surface area contributed by atoms with Gasteiger partial charge in [-0.05, 0) is 154 Å². The van der Waals surface area contributed by atoms with E-state index in [1.165, 1.54) is 16.7 Å². The van der Waals surface area contributed by atoms with Crippen molar-refractivity contribution in [3.05, 3.63) is 311 Å². The molecule has 0 aliphatic heterocycles. The summed E-state index contributed by atoms with van der Waals surface area (Å²) in [5.41, 5.74) is 22.9. The normalized spacial score (nSPS) is 10.7. The summed E-state index contributed by atoms with van der Waals surface area (Å²) < 4.78 is 66.5. The van der Waals surface area contributed by atoms with Gasteiger partial charge in [0.2, 0.25) is 22.8 Å². The fourth-order valence-corrected chi connectivity index (χ4v) is 11.3. The van der Waals surface area contributed by atoms with Gasteiger partial charge in [0.1, 0.15) is 28.2 Å². The molecule has 0 radical (unpaired) electrons. The highest BCUT2D eigenvalue weighted by atomic mass is 19.1. The van der Waals surface area contributed by atoms with E-state index in [1.54, 1.807) is 24.3 Å². The molecule has 8 heteroatoms. The molecular weight excluding hydrogens is 1090 g/mol. The van der Waals surface area contributed by atoms with Crippen molar-refractivity contribution in [1.29, 1.82) is 0 Å². The molecule has 88 heavy (non-hydrogen) atoms. The predicted molar refractivity (Wildman–Crippen MR) is 352 cm³/mol. The summed E-state index contributed by atoms with van der Waals surface area (Å²) in [6.45, 7) is 16.2. The number of hydrogen-bond acceptors (Lipinski definition) is 0. The number of halogens is 4. The lowest BCUT2D eigenvalue weighted by atomic mass is 9.99. The molecule has 0 N–H and O–H groups in total. The van der Waals surface area contributed by atoms with Gasteiger partial charge in [0.15, 0.2) is 48.1 Å². The first kappa shape index (κ1) is 62.6. The molecule has 0 amide bonds. The van der Waals surface area contributed by atoms with E-state index in [9.17, 15) is 17.6 Å². The van der Waals surface area contributed by atoms with Crippen molar-refractivity contribution in [2.45, 2.75) is 55.4 Å². The summed E-state index contributed by atoms with van der Waals surface area (Å²) in [6.07, 6.45) is 7.94. The summed E-state index contributed by atoms with van der Waals surface area (Å²) in [6, 6.07) is 70.4. The standard InChI is InChI=1S/4C20H19FN/c1-14-8-4-6-10-17(14)16-12-19(21)20(22(3)13-16)18-11-7-5-9-15(18)2;1-14-7-6-9-16(11-14)17-12-19(21)20(22(3)13-17)18-10-5-4-8-15(18)2;1-14-8-10-16(11-9-14)17-12-19(21)20(22(3)13-17)18-7-5-4-6-15(18)2;1-14-9-10-18(15(2)11-14)20-19(21)12-17(13-22(20)3)16-7-5-4-6-8-16/h4*4-13H,1-3H3/q4*+1. The number of aromatic nitrogens is 4. The van der Waals surface area contributed by atoms with E-state index < -0.39 is 0 Å². The van der Waals surface area contributed by atoms with E-state index in [2.05, 4.69) is 12.1 Å². The van der Waals surface area contributed by atoms with Crippen LogP contribution >= 0.6 is 0 Å². The number of hydrogen-bond donors (Lipinski definition) is 0. The van der Waals surface area contributed by atoms with Crippen LogP contribution in [0, 0.1) is 78.7 Å². The number of benzene rings is 8. The largest absolute Gasteiger partial charge is 0.248 e. The Hall–Kier alpha value is -9.92. The highest BCUT2D eigenvalue weighted by Crippen LogP contribution is 2.32. The van der Waals surface area contributed by atoms with Crippen LogP contribution in [0.15, 0.2) is 243 Å². The SMILES string of the molecule is Cc1ccc(-c2c(F)cc(-c3ccccc3)c[n+]2C)c(C)c1.Cc1ccc(-c2cc(F)c(-c3ccccc3C)[n+](C)c2)cc1.Cc1cccc(-c2cc(F)c(-c3ccccc3C)[n+](C)c2)c1.Cc1ccccc1-c1cc(F)c(-c2ccccc2C)[n+](C)c1. The van der Waals surface area contributed by atoms with Gasteiger partial charge in [0, 0.05) is 22.3 Å². The Bertz CT molecular complexity index is 4360. The van der Waals surface area contributed by atoms with Crippen molar-refractivity contribution in [3.63, 3.8) is 0 Å². The molecule has 4 aromatic heterocycles. The van der Waals surface area contributed by atoms with Crippen molar-refractivity contribution in [1.82, 2.24) is 0 Å². The summed E-state index contributed by atoms with van der Waals surface area (Å²) in [7, 11) is 7.57. The average Bonchev–Trinajstić information content (AvgIpc) is 1.88. The first-order valence-electron chi connectivity index (χ1n) is 29.5. The molecule has 12 aromatic rings. The molecule has 0 bridgehead atoms. The van der Waals surface area contributed by atoms with Crippen LogP contribution in [-0.4, -0.2) is 0 Å². The van der Waals surface area contributed by atoms with E-state index in [1.807, 2.05) is 309 Å². The van der Waals surface area contributed by atoms with E-state index in [-0.39, 0.29) is 23.3 Å².